The van der Waals surface area contributed by atoms with E-state index in [2.05, 4.69) is 20.3 Å². The Labute approximate surface area is 103 Å². The van der Waals surface area contributed by atoms with Crippen LogP contribution in [0.15, 0.2) is 18.5 Å². The molecule has 2 rings (SSSR count). The van der Waals surface area contributed by atoms with Crippen LogP contribution in [0.2, 0.25) is 0 Å². The van der Waals surface area contributed by atoms with Gasteiger partial charge in [-0.1, -0.05) is 0 Å². The van der Waals surface area contributed by atoms with Gasteiger partial charge < -0.3 is 0 Å². The second-order valence-electron chi connectivity index (χ2n) is 3.54. The molecule has 5 nitrogen and oxygen atoms in total. The highest BCUT2D eigenvalue weighted by atomic mass is 32.1. The number of hydrogen-bond acceptors (Lipinski definition) is 5. The molecule has 88 valence electrons. The van der Waals surface area contributed by atoms with Crippen LogP contribution in [0, 0.1) is 13.8 Å². The number of nitrogens with zero attached hydrogens (tertiary/aromatic N) is 3. The van der Waals surface area contributed by atoms with Crippen molar-refractivity contribution >= 4 is 23.2 Å². The largest absolute Gasteiger partial charge is 0.294 e. The molecule has 0 radical (unpaired) electrons. The van der Waals surface area contributed by atoms with Gasteiger partial charge in [0.25, 0.3) is 0 Å². The SMILES string of the molecule is Cc1nc(C)c(CC(=O)Nc2ncccn2)s1. The van der Waals surface area contributed by atoms with E-state index in [0.29, 0.717) is 12.4 Å². The van der Waals surface area contributed by atoms with E-state index in [1.165, 1.54) is 0 Å². The lowest BCUT2D eigenvalue weighted by Gasteiger charge is -2.01. The van der Waals surface area contributed by atoms with Gasteiger partial charge in [0.1, 0.15) is 0 Å². The molecular formula is C11H12N4OS. The van der Waals surface area contributed by atoms with Crippen molar-refractivity contribution in [1.82, 2.24) is 15.0 Å². The van der Waals surface area contributed by atoms with Gasteiger partial charge in [-0.25, -0.2) is 15.0 Å². The summed E-state index contributed by atoms with van der Waals surface area (Å²) in [5.41, 5.74) is 0.914. The van der Waals surface area contributed by atoms with Crippen molar-refractivity contribution < 1.29 is 4.79 Å². The van der Waals surface area contributed by atoms with Gasteiger partial charge in [0.2, 0.25) is 11.9 Å². The summed E-state index contributed by atoms with van der Waals surface area (Å²) in [6, 6.07) is 1.70. The highest BCUT2D eigenvalue weighted by molar-refractivity contribution is 7.11. The third-order valence-electron chi connectivity index (χ3n) is 2.14. The zero-order chi connectivity index (χ0) is 12.3. The van der Waals surface area contributed by atoms with E-state index in [0.717, 1.165) is 15.6 Å². The van der Waals surface area contributed by atoms with Gasteiger partial charge in [0, 0.05) is 17.3 Å². The van der Waals surface area contributed by atoms with E-state index in [9.17, 15) is 4.79 Å². The van der Waals surface area contributed by atoms with Gasteiger partial charge in [-0.05, 0) is 19.9 Å². The molecular weight excluding hydrogens is 236 g/mol. The van der Waals surface area contributed by atoms with Gasteiger partial charge in [0.15, 0.2) is 0 Å². The van der Waals surface area contributed by atoms with E-state index < -0.39 is 0 Å². The first-order valence-electron chi connectivity index (χ1n) is 5.15. The first-order chi connectivity index (χ1) is 8.15. The Morgan fingerprint density at radius 3 is 2.65 bits per heavy atom. The smallest absolute Gasteiger partial charge is 0.232 e. The minimum atomic E-state index is -0.122. The second kappa shape index (κ2) is 5.01. The quantitative estimate of drug-likeness (QED) is 0.898. The summed E-state index contributed by atoms with van der Waals surface area (Å²) in [6.45, 7) is 3.84. The molecule has 0 saturated carbocycles. The molecule has 0 saturated heterocycles. The Morgan fingerprint density at radius 2 is 2.06 bits per heavy atom. The highest BCUT2D eigenvalue weighted by Gasteiger charge is 2.10. The van der Waals surface area contributed by atoms with Crippen molar-refractivity contribution in [2.45, 2.75) is 20.3 Å². The normalized spacial score (nSPS) is 10.2. The number of aryl methyl sites for hydroxylation is 2. The Kier molecular flexibility index (Phi) is 3.43. The molecule has 0 aliphatic heterocycles. The third-order valence-corrected chi connectivity index (χ3v) is 3.21. The molecule has 0 fully saturated rings. The fourth-order valence-electron chi connectivity index (χ4n) is 1.42. The van der Waals surface area contributed by atoms with Crippen LogP contribution in [-0.4, -0.2) is 20.9 Å². The van der Waals surface area contributed by atoms with Crippen LogP contribution >= 0.6 is 11.3 Å². The van der Waals surface area contributed by atoms with Gasteiger partial charge in [-0.2, -0.15) is 0 Å². The van der Waals surface area contributed by atoms with Crippen molar-refractivity contribution in [2.75, 3.05) is 5.32 Å². The van der Waals surface area contributed by atoms with Crippen LogP contribution in [0.25, 0.3) is 0 Å². The number of nitrogens with one attached hydrogen (secondary N) is 1. The Hall–Kier alpha value is -1.82. The summed E-state index contributed by atoms with van der Waals surface area (Å²) >= 11 is 1.54. The van der Waals surface area contributed by atoms with E-state index in [1.54, 1.807) is 29.8 Å². The van der Waals surface area contributed by atoms with Gasteiger partial charge in [-0.15, -0.1) is 11.3 Å². The Balaban J connectivity index is 2.01. The summed E-state index contributed by atoms with van der Waals surface area (Å²) in [6.07, 6.45) is 3.49. The summed E-state index contributed by atoms with van der Waals surface area (Å²) in [7, 11) is 0. The maximum Gasteiger partial charge on any atom is 0.232 e. The van der Waals surface area contributed by atoms with Crippen LogP contribution in [0.5, 0.6) is 0 Å². The van der Waals surface area contributed by atoms with Crippen molar-refractivity contribution in [1.29, 1.82) is 0 Å². The molecule has 2 aromatic heterocycles. The Morgan fingerprint density at radius 1 is 1.35 bits per heavy atom. The topological polar surface area (TPSA) is 67.8 Å². The average Bonchev–Trinajstić information content (AvgIpc) is 2.58. The van der Waals surface area contributed by atoms with Gasteiger partial charge in [0.05, 0.1) is 17.1 Å². The predicted molar refractivity (Wildman–Crippen MR) is 66.0 cm³/mol. The minimum Gasteiger partial charge on any atom is -0.294 e. The molecule has 0 aliphatic rings. The van der Waals surface area contributed by atoms with E-state index >= 15 is 0 Å². The lowest BCUT2D eigenvalue weighted by molar-refractivity contribution is -0.115. The van der Waals surface area contributed by atoms with Gasteiger partial charge in [-0.3, -0.25) is 10.1 Å². The number of thiazole rings is 1. The first kappa shape index (κ1) is 11.7. The average molecular weight is 248 g/mol. The number of carbonyl (C=O) groups excluding carboxylic acids is 1. The standard InChI is InChI=1S/C11H12N4OS/c1-7-9(17-8(2)14-7)6-10(16)15-11-12-4-3-5-13-11/h3-5H,6H2,1-2H3,(H,12,13,15,16). The summed E-state index contributed by atoms with van der Waals surface area (Å²) in [5, 5.41) is 3.62. The molecule has 0 aromatic carbocycles. The van der Waals surface area contributed by atoms with Crippen molar-refractivity contribution in [2.24, 2.45) is 0 Å². The molecule has 1 N–H and O–H groups in total. The fraction of sp³-hybridized carbons (Fsp3) is 0.273. The minimum absolute atomic E-state index is 0.122. The zero-order valence-corrected chi connectivity index (χ0v) is 10.4. The van der Waals surface area contributed by atoms with Crippen molar-refractivity contribution in [3.05, 3.63) is 34.0 Å². The van der Waals surface area contributed by atoms with Crippen LogP contribution in [-0.2, 0) is 11.2 Å². The molecule has 6 heteroatoms. The summed E-state index contributed by atoms with van der Waals surface area (Å²) in [5.74, 6) is 0.208. The van der Waals surface area contributed by atoms with Crippen molar-refractivity contribution in [3.8, 4) is 0 Å². The maximum atomic E-state index is 11.7. The highest BCUT2D eigenvalue weighted by Crippen LogP contribution is 2.17. The van der Waals surface area contributed by atoms with E-state index in [-0.39, 0.29) is 5.91 Å². The van der Waals surface area contributed by atoms with Gasteiger partial charge >= 0.3 is 0 Å². The molecule has 0 spiro atoms. The molecule has 17 heavy (non-hydrogen) atoms. The number of carbonyl (C=O) groups is 1. The number of amides is 1. The number of anilines is 1. The van der Waals surface area contributed by atoms with Crippen molar-refractivity contribution in [3.63, 3.8) is 0 Å². The fourth-order valence-corrected chi connectivity index (χ4v) is 2.35. The first-order valence-corrected chi connectivity index (χ1v) is 5.96. The summed E-state index contributed by atoms with van der Waals surface area (Å²) in [4.78, 5) is 24.9. The molecule has 0 aliphatic carbocycles. The lowest BCUT2D eigenvalue weighted by Crippen LogP contribution is -2.16. The molecule has 0 unspecified atom stereocenters. The Bertz CT molecular complexity index is 524. The van der Waals surface area contributed by atoms with Crippen LogP contribution in [0.4, 0.5) is 5.95 Å². The van der Waals surface area contributed by atoms with E-state index in [4.69, 9.17) is 0 Å². The molecule has 1 amide bonds. The number of aromatic nitrogens is 3. The summed E-state index contributed by atoms with van der Waals surface area (Å²) < 4.78 is 0. The molecule has 0 bridgehead atoms. The molecule has 0 atom stereocenters. The maximum absolute atomic E-state index is 11.7. The monoisotopic (exact) mass is 248 g/mol. The number of hydrogen-bond donors (Lipinski definition) is 1. The van der Waals surface area contributed by atoms with Crippen LogP contribution in [0.3, 0.4) is 0 Å². The molecule has 2 aromatic rings. The van der Waals surface area contributed by atoms with Crippen LogP contribution < -0.4 is 5.32 Å². The lowest BCUT2D eigenvalue weighted by atomic mass is 10.3. The second-order valence-corrected chi connectivity index (χ2v) is 4.83. The zero-order valence-electron chi connectivity index (χ0n) is 9.60. The van der Waals surface area contributed by atoms with Crippen LogP contribution in [0.1, 0.15) is 15.6 Å². The van der Waals surface area contributed by atoms with E-state index in [1.807, 2.05) is 13.8 Å². The number of rotatable bonds is 3. The predicted octanol–water partition coefficient (Wildman–Crippen LogP) is 1.73. The third kappa shape index (κ3) is 3.07. The molecule has 2 heterocycles.